The predicted molar refractivity (Wildman–Crippen MR) is 107 cm³/mol. The molecule has 2 aromatic carbocycles. The number of benzene rings is 2. The van der Waals surface area contributed by atoms with Gasteiger partial charge in [0, 0.05) is 31.0 Å². The number of para-hydroxylation sites is 1. The summed E-state index contributed by atoms with van der Waals surface area (Å²) in [4.78, 5) is 29.3. The van der Waals surface area contributed by atoms with Crippen LogP contribution >= 0.6 is 11.6 Å². The number of anilines is 1. The van der Waals surface area contributed by atoms with E-state index < -0.39 is 0 Å². The van der Waals surface area contributed by atoms with E-state index in [1.807, 2.05) is 13.0 Å². The molecule has 140 valence electrons. The largest absolute Gasteiger partial charge is 0.495 e. The van der Waals surface area contributed by atoms with E-state index in [0.29, 0.717) is 39.6 Å². The zero-order valence-electron chi connectivity index (χ0n) is 15.4. The number of hydrogen-bond acceptors (Lipinski definition) is 4. The first-order valence-corrected chi connectivity index (χ1v) is 8.87. The molecule has 3 rings (SSSR count). The first-order valence-electron chi connectivity index (χ1n) is 8.49. The van der Waals surface area contributed by atoms with Crippen LogP contribution in [-0.2, 0) is 18.3 Å². The third kappa shape index (κ3) is 3.95. The number of hydrogen-bond donors (Lipinski definition) is 1. The molecule has 0 aliphatic heterocycles. The Kier molecular flexibility index (Phi) is 5.46. The summed E-state index contributed by atoms with van der Waals surface area (Å²) in [6, 6.07) is 10.6. The van der Waals surface area contributed by atoms with E-state index in [9.17, 15) is 9.59 Å². The summed E-state index contributed by atoms with van der Waals surface area (Å²) in [7, 11) is 3.19. The number of fused-ring (bicyclic) bond motifs is 1. The van der Waals surface area contributed by atoms with Crippen LogP contribution in [0.4, 0.5) is 5.69 Å². The highest BCUT2D eigenvalue weighted by molar-refractivity contribution is 6.31. The molecule has 0 spiro atoms. The van der Waals surface area contributed by atoms with Gasteiger partial charge in [-0.1, -0.05) is 23.7 Å². The summed E-state index contributed by atoms with van der Waals surface area (Å²) in [5, 5.41) is 3.97. The Bertz CT molecular complexity index is 1080. The van der Waals surface area contributed by atoms with Crippen LogP contribution < -0.4 is 15.6 Å². The van der Waals surface area contributed by atoms with Gasteiger partial charge in [-0.05, 0) is 30.7 Å². The number of aromatic nitrogens is 2. The Labute approximate surface area is 161 Å². The quantitative estimate of drug-likeness (QED) is 0.729. The van der Waals surface area contributed by atoms with Crippen LogP contribution in [0.15, 0.2) is 41.2 Å². The van der Waals surface area contributed by atoms with E-state index in [-0.39, 0.29) is 17.9 Å². The van der Waals surface area contributed by atoms with Crippen molar-refractivity contribution in [1.29, 1.82) is 0 Å². The molecule has 0 saturated heterocycles. The van der Waals surface area contributed by atoms with Gasteiger partial charge in [-0.2, -0.15) is 0 Å². The van der Waals surface area contributed by atoms with Crippen LogP contribution in [0.5, 0.6) is 5.75 Å². The number of aryl methyl sites for hydroxylation is 2. The Morgan fingerprint density at radius 3 is 2.78 bits per heavy atom. The second-order valence-corrected chi connectivity index (χ2v) is 6.67. The minimum absolute atomic E-state index is 0.119. The van der Waals surface area contributed by atoms with Crippen molar-refractivity contribution in [2.75, 3.05) is 12.4 Å². The van der Waals surface area contributed by atoms with Crippen LogP contribution in [0, 0.1) is 6.92 Å². The van der Waals surface area contributed by atoms with Gasteiger partial charge < -0.3 is 10.1 Å². The van der Waals surface area contributed by atoms with Crippen molar-refractivity contribution in [2.45, 2.75) is 19.8 Å². The van der Waals surface area contributed by atoms with Crippen molar-refractivity contribution in [3.05, 3.63) is 63.2 Å². The van der Waals surface area contributed by atoms with Gasteiger partial charge in [-0.25, -0.2) is 4.98 Å². The van der Waals surface area contributed by atoms with Gasteiger partial charge in [0.25, 0.3) is 5.56 Å². The molecule has 0 aliphatic carbocycles. The SMILES string of the molecule is COc1cc(Cl)c(C)cc1NC(=O)CCc1nc2ccccc2c(=O)n1C. The van der Waals surface area contributed by atoms with E-state index in [1.54, 1.807) is 37.4 Å². The van der Waals surface area contributed by atoms with Crippen LogP contribution in [0.1, 0.15) is 17.8 Å². The van der Waals surface area contributed by atoms with E-state index in [1.165, 1.54) is 11.7 Å². The maximum absolute atomic E-state index is 12.4. The summed E-state index contributed by atoms with van der Waals surface area (Å²) < 4.78 is 6.76. The van der Waals surface area contributed by atoms with Crippen molar-refractivity contribution in [3.63, 3.8) is 0 Å². The van der Waals surface area contributed by atoms with Gasteiger partial charge >= 0.3 is 0 Å². The molecule has 0 fully saturated rings. The predicted octanol–water partition coefficient (Wildman–Crippen LogP) is 3.48. The number of carbonyl (C=O) groups is 1. The number of rotatable bonds is 5. The summed E-state index contributed by atoms with van der Waals surface area (Å²) in [5.74, 6) is 0.862. The van der Waals surface area contributed by atoms with E-state index in [0.717, 1.165) is 5.56 Å². The molecule has 1 aromatic heterocycles. The fraction of sp³-hybridized carbons (Fsp3) is 0.250. The lowest BCUT2D eigenvalue weighted by atomic mass is 10.2. The highest BCUT2D eigenvalue weighted by atomic mass is 35.5. The van der Waals surface area contributed by atoms with Crippen LogP contribution in [-0.4, -0.2) is 22.6 Å². The van der Waals surface area contributed by atoms with Crippen LogP contribution in [0.25, 0.3) is 10.9 Å². The van der Waals surface area contributed by atoms with E-state index in [2.05, 4.69) is 10.3 Å². The minimum Gasteiger partial charge on any atom is -0.495 e. The molecular weight excluding hydrogens is 366 g/mol. The molecule has 6 nitrogen and oxygen atoms in total. The highest BCUT2D eigenvalue weighted by Crippen LogP contribution is 2.31. The number of amides is 1. The number of nitrogens with one attached hydrogen (secondary N) is 1. The molecule has 0 unspecified atom stereocenters. The number of ether oxygens (including phenoxy) is 1. The maximum Gasteiger partial charge on any atom is 0.261 e. The van der Waals surface area contributed by atoms with Crippen molar-refractivity contribution in [3.8, 4) is 5.75 Å². The lowest BCUT2D eigenvalue weighted by molar-refractivity contribution is -0.116. The minimum atomic E-state index is -0.197. The Morgan fingerprint density at radius 1 is 1.30 bits per heavy atom. The summed E-state index contributed by atoms with van der Waals surface area (Å²) in [5.41, 5.74) is 1.91. The molecule has 0 atom stereocenters. The monoisotopic (exact) mass is 385 g/mol. The third-order valence-corrected chi connectivity index (χ3v) is 4.81. The molecule has 0 radical (unpaired) electrons. The zero-order valence-corrected chi connectivity index (χ0v) is 16.1. The summed E-state index contributed by atoms with van der Waals surface area (Å²) in [6.07, 6.45) is 0.529. The molecule has 1 heterocycles. The van der Waals surface area contributed by atoms with Crippen molar-refractivity contribution < 1.29 is 9.53 Å². The second kappa shape index (κ2) is 7.80. The van der Waals surface area contributed by atoms with Crippen LogP contribution in [0.2, 0.25) is 5.02 Å². The molecular formula is C20H20ClN3O3. The van der Waals surface area contributed by atoms with Crippen molar-refractivity contribution in [1.82, 2.24) is 9.55 Å². The smallest absolute Gasteiger partial charge is 0.261 e. The van der Waals surface area contributed by atoms with Gasteiger partial charge in [0.05, 0.1) is 23.7 Å². The highest BCUT2D eigenvalue weighted by Gasteiger charge is 2.13. The van der Waals surface area contributed by atoms with E-state index >= 15 is 0 Å². The summed E-state index contributed by atoms with van der Waals surface area (Å²) >= 11 is 6.09. The molecule has 7 heteroatoms. The Morgan fingerprint density at radius 2 is 2.04 bits per heavy atom. The average molecular weight is 386 g/mol. The number of methoxy groups -OCH3 is 1. The second-order valence-electron chi connectivity index (χ2n) is 6.26. The fourth-order valence-corrected chi connectivity index (χ4v) is 3.01. The lowest BCUT2D eigenvalue weighted by Gasteiger charge is -2.13. The molecule has 0 bridgehead atoms. The Balaban J connectivity index is 1.77. The van der Waals surface area contributed by atoms with Crippen LogP contribution in [0.3, 0.4) is 0 Å². The van der Waals surface area contributed by atoms with Crippen molar-refractivity contribution >= 4 is 34.1 Å². The first kappa shape index (κ1) is 18.9. The number of nitrogens with zero attached hydrogens (tertiary/aromatic N) is 2. The first-order chi connectivity index (χ1) is 12.9. The zero-order chi connectivity index (χ0) is 19.6. The molecule has 0 saturated carbocycles. The van der Waals surface area contributed by atoms with Gasteiger partial charge in [0.15, 0.2) is 0 Å². The fourth-order valence-electron chi connectivity index (χ4n) is 2.86. The van der Waals surface area contributed by atoms with Gasteiger partial charge in [-0.3, -0.25) is 14.2 Å². The summed E-state index contributed by atoms with van der Waals surface area (Å²) in [6.45, 7) is 1.85. The molecule has 0 aliphatic rings. The standard InChI is InChI=1S/C20H20ClN3O3/c1-12-10-16(17(27-3)11-14(12)21)23-19(25)9-8-18-22-15-7-5-4-6-13(15)20(26)24(18)2/h4-7,10-11H,8-9H2,1-3H3,(H,23,25). The topological polar surface area (TPSA) is 73.2 Å². The number of halogens is 1. The van der Waals surface area contributed by atoms with Gasteiger partial charge in [-0.15, -0.1) is 0 Å². The van der Waals surface area contributed by atoms with Gasteiger partial charge in [0.2, 0.25) is 5.91 Å². The van der Waals surface area contributed by atoms with Crippen molar-refractivity contribution in [2.24, 2.45) is 7.05 Å². The average Bonchev–Trinajstić information content (AvgIpc) is 2.66. The molecule has 1 N–H and O–H groups in total. The Hall–Kier alpha value is -2.86. The third-order valence-electron chi connectivity index (χ3n) is 4.41. The van der Waals surface area contributed by atoms with E-state index in [4.69, 9.17) is 16.3 Å². The van der Waals surface area contributed by atoms with Gasteiger partial charge in [0.1, 0.15) is 11.6 Å². The number of carbonyl (C=O) groups excluding carboxylic acids is 1. The maximum atomic E-state index is 12.4. The normalized spacial score (nSPS) is 10.8. The molecule has 27 heavy (non-hydrogen) atoms. The lowest BCUT2D eigenvalue weighted by Crippen LogP contribution is -2.23. The molecule has 3 aromatic rings. The molecule has 1 amide bonds.